The number of hydrogen-bond donors (Lipinski definition) is 2. The van der Waals surface area contributed by atoms with Gasteiger partial charge in [0.25, 0.3) is 17.0 Å². The molecule has 4 rings (SSSR count). The zero-order valence-corrected chi connectivity index (χ0v) is 16.4. The second-order valence-corrected chi connectivity index (χ2v) is 7.72. The van der Waals surface area contributed by atoms with Crippen molar-refractivity contribution in [3.05, 3.63) is 56.1 Å². The molecule has 29 heavy (non-hydrogen) atoms. The minimum atomic E-state index is -0.350. The van der Waals surface area contributed by atoms with Crippen LogP contribution in [0.15, 0.2) is 28.0 Å². The summed E-state index contributed by atoms with van der Waals surface area (Å²) in [5.74, 6) is -0.349. The van der Waals surface area contributed by atoms with Crippen LogP contribution in [0, 0.1) is 0 Å². The second-order valence-electron chi connectivity index (χ2n) is 7.72. The van der Waals surface area contributed by atoms with E-state index < -0.39 is 0 Å². The highest BCUT2D eigenvalue weighted by atomic mass is 16.2. The van der Waals surface area contributed by atoms with Gasteiger partial charge in [0, 0.05) is 31.3 Å². The van der Waals surface area contributed by atoms with E-state index in [2.05, 4.69) is 25.3 Å². The third-order valence-corrected chi connectivity index (χ3v) is 5.78. The van der Waals surface area contributed by atoms with Gasteiger partial charge in [-0.15, -0.1) is 0 Å². The molecule has 1 aliphatic heterocycles. The summed E-state index contributed by atoms with van der Waals surface area (Å²) in [6.45, 7) is 2.69. The van der Waals surface area contributed by atoms with Crippen molar-refractivity contribution in [2.75, 3.05) is 19.6 Å². The number of amides is 1. The minimum Gasteiger partial charge on any atom is -0.349 e. The van der Waals surface area contributed by atoms with E-state index in [1.54, 1.807) is 10.7 Å². The number of aromatic amines is 1. The lowest BCUT2D eigenvalue weighted by Gasteiger charge is -2.35. The maximum absolute atomic E-state index is 12.3. The number of hydrogen-bond acceptors (Lipinski definition) is 6. The third-order valence-electron chi connectivity index (χ3n) is 5.78. The fourth-order valence-electron chi connectivity index (χ4n) is 4.20. The fraction of sp³-hybridized carbons (Fsp3) is 0.550. The molecule has 0 aromatic carbocycles. The van der Waals surface area contributed by atoms with Crippen molar-refractivity contribution in [1.82, 2.24) is 30.0 Å². The molecular weight excluding hydrogens is 372 g/mol. The molecule has 3 heterocycles. The number of carbonyl (C=O) groups excluding carboxylic acids is 1. The maximum Gasteiger partial charge on any atom is 0.270 e. The van der Waals surface area contributed by atoms with Crippen LogP contribution in [0.5, 0.6) is 0 Å². The molecule has 9 heteroatoms. The van der Waals surface area contributed by atoms with Gasteiger partial charge >= 0.3 is 0 Å². The van der Waals surface area contributed by atoms with Gasteiger partial charge in [-0.25, -0.2) is 9.67 Å². The minimum absolute atomic E-state index is 0.0344. The van der Waals surface area contributed by atoms with Crippen molar-refractivity contribution >= 4 is 5.91 Å². The summed E-state index contributed by atoms with van der Waals surface area (Å²) in [6, 6.07) is 3.12. The number of nitrogens with one attached hydrogen (secondary N) is 2. The molecule has 1 amide bonds. The Bertz CT molecular complexity index is 998. The van der Waals surface area contributed by atoms with Crippen molar-refractivity contribution in [3.63, 3.8) is 0 Å². The second kappa shape index (κ2) is 8.69. The molecule has 1 aliphatic carbocycles. The number of H-pyrrole nitrogens is 1. The first-order valence-corrected chi connectivity index (χ1v) is 10.3. The molecular formula is C20H26N6O3. The summed E-state index contributed by atoms with van der Waals surface area (Å²) in [4.78, 5) is 44.6. The average molecular weight is 398 g/mol. The normalized spacial score (nSPS) is 19.1. The van der Waals surface area contributed by atoms with Crippen LogP contribution in [0.1, 0.15) is 47.4 Å². The molecule has 154 valence electrons. The Hall–Kier alpha value is -2.81. The van der Waals surface area contributed by atoms with E-state index in [1.807, 2.05) is 0 Å². The summed E-state index contributed by atoms with van der Waals surface area (Å²) in [6.07, 6.45) is 7.39. The quantitative estimate of drug-likeness (QED) is 0.714. The first kappa shape index (κ1) is 19.5. The Labute approximate surface area is 168 Å². The van der Waals surface area contributed by atoms with Crippen molar-refractivity contribution in [1.29, 1.82) is 0 Å². The molecule has 1 atom stereocenters. The molecule has 0 spiro atoms. The predicted molar refractivity (Wildman–Crippen MR) is 107 cm³/mol. The average Bonchev–Trinajstić information content (AvgIpc) is 3.18. The molecule has 2 aromatic rings. The van der Waals surface area contributed by atoms with Gasteiger partial charge in [-0.05, 0) is 44.2 Å². The number of aryl methyl sites for hydroxylation is 2. The Morgan fingerprint density at radius 3 is 2.93 bits per heavy atom. The van der Waals surface area contributed by atoms with Crippen molar-refractivity contribution in [3.8, 4) is 0 Å². The Balaban J connectivity index is 1.36. The molecule has 2 aromatic heterocycles. The first-order valence-electron chi connectivity index (χ1n) is 10.3. The molecule has 1 saturated heterocycles. The largest absolute Gasteiger partial charge is 0.349 e. The molecule has 0 radical (unpaired) electrons. The maximum atomic E-state index is 12.3. The Kier molecular flexibility index (Phi) is 5.84. The highest BCUT2D eigenvalue weighted by Gasteiger charge is 2.23. The van der Waals surface area contributed by atoms with Crippen molar-refractivity contribution in [2.45, 2.75) is 51.1 Å². The summed E-state index contributed by atoms with van der Waals surface area (Å²) in [5, 5.41) is 7.44. The lowest BCUT2D eigenvalue weighted by atomic mass is 10.0. The molecule has 2 N–H and O–H groups in total. The Morgan fingerprint density at radius 1 is 1.17 bits per heavy atom. The van der Waals surface area contributed by atoms with E-state index in [1.165, 1.54) is 12.4 Å². The molecule has 0 saturated carbocycles. The Morgan fingerprint density at radius 2 is 2.07 bits per heavy atom. The molecule has 1 fully saturated rings. The van der Waals surface area contributed by atoms with Gasteiger partial charge in [-0.1, -0.05) is 6.42 Å². The van der Waals surface area contributed by atoms with E-state index in [9.17, 15) is 14.4 Å². The lowest BCUT2D eigenvalue weighted by Crippen LogP contribution is -2.48. The van der Waals surface area contributed by atoms with E-state index >= 15 is 0 Å². The van der Waals surface area contributed by atoms with Gasteiger partial charge in [0.05, 0.1) is 18.6 Å². The number of rotatable bonds is 6. The van der Waals surface area contributed by atoms with Crippen LogP contribution in [-0.4, -0.2) is 56.2 Å². The number of carbonyl (C=O) groups is 1. The highest BCUT2D eigenvalue weighted by molar-refractivity contribution is 5.92. The zero-order valence-electron chi connectivity index (χ0n) is 16.4. The van der Waals surface area contributed by atoms with E-state index in [0.717, 1.165) is 62.9 Å². The van der Waals surface area contributed by atoms with Crippen LogP contribution in [0.25, 0.3) is 0 Å². The SMILES string of the molecule is O=C(NCC1CCCCN1CCn1nc2c(cc1=O)CCC2)c1cc(=O)[nH]cn1. The number of piperidine rings is 1. The standard InChI is InChI=1S/C20H26N6O3/c27-18-11-17(22-13-23-18)20(29)21-12-15-5-1-2-7-25(15)8-9-26-19(28)10-14-4-3-6-16(14)24-26/h10-11,13,15H,1-9,12H2,(H,21,29)(H,22,23,27). The fourth-order valence-corrected chi connectivity index (χ4v) is 4.20. The van der Waals surface area contributed by atoms with Gasteiger partial charge in [0.2, 0.25) is 0 Å². The van der Waals surface area contributed by atoms with Crippen LogP contribution < -0.4 is 16.4 Å². The predicted octanol–water partition coefficient (Wildman–Crippen LogP) is 0.0998. The van der Waals surface area contributed by atoms with Crippen LogP contribution in [-0.2, 0) is 19.4 Å². The van der Waals surface area contributed by atoms with Gasteiger partial charge in [-0.3, -0.25) is 19.3 Å². The number of aromatic nitrogens is 4. The number of nitrogens with zero attached hydrogens (tertiary/aromatic N) is 4. The summed E-state index contributed by atoms with van der Waals surface area (Å²) >= 11 is 0. The molecule has 2 aliphatic rings. The van der Waals surface area contributed by atoms with E-state index in [4.69, 9.17) is 0 Å². The van der Waals surface area contributed by atoms with Crippen LogP contribution >= 0.6 is 0 Å². The smallest absolute Gasteiger partial charge is 0.270 e. The van der Waals surface area contributed by atoms with Crippen molar-refractivity contribution < 1.29 is 4.79 Å². The summed E-state index contributed by atoms with van der Waals surface area (Å²) in [7, 11) is 0. The van der Waals surface area contributed by atoms with Gasteiger partial charge in [0.15, 0.2) is 0 Å². The zero-order chi connectivity index (χ0) is 20.2. The molecule has 1 unspecified atom stereocenters. The van der Waals surface area contributed by atoms with Crippen LogP contribution in [0.3, 0.4) is 0 Å². The molecule has 9 nitrogen and oxygen atoms in total. The third kappa shape index (κ3) is 4.61. The van der Waals surface area contributed by atoms with Crippen LogP contribution in [0.4, 0.5) is 0 Å². The first-order chi connectivity index (χ1) is 14.1. The van der Waals surface area contributed by atoms with Gasteiger partial charge in [0.1, 0.15) is 5.69 Å². The monoisotopic (exact) mass is 398 g/mol. The topological polar surface area (TPSA) is 113 Å². The molecule has 0 bridgehead atoms. The number of likely N-dealkylation sites (tertiary alicyclic amines) is 1. The van der Waals surface area contributed by atoms with E-state index in [0.29, 0.717) is 13.1 Å². The van der Waals surface area contributed by atoms with Crippen molar-refractivity contribution in [2.24, 2.45) is 0 Å². The van der Waals surface area contributed by atoms with E-state index in [-0.39, 0.29) is 28.8 Å². The summed E-state index contributed by atoms with van der Waals surface area (Å²) in [5.41, 5.74) is 1.88. The van der Waals surface area contributed by atoms with Gasteiger partial charge < -0.3 is 10.3 Å². The van der Waals surface area contributed by atoms with Crippen LogP contribution in [0.2, 0.25) is 0 Å². The summed E-state index contributed by atoms with van der Waals surface area (Å²) < 4.78 is 1.58. The highest BCUT2D eigenvalue weighted by Crippen LogP contribution is 2.18. The lowest BCUT2D eigenvalue weighted by molar-refractivity contribution is 0.0904. The van der Waals surface area contributed by atoms with Gasteiger partial charge in [-0.2, -0.15) is 5.10 Å². The number of fused-ring (bicyclic) bond motifs is 1.